The molecule has 2 rings (SSSR count). The van der Waals surface area contributed by atoms with Crippen LogP contribution in [-0.4, -0.2) is 4.98 Å². The van der Waals surface area contributed by atoms with Crippen LogP contribution in [0.25, 0.3) is 10.9 Å². The van der Waals surface area contributed by atoms with Gasteiger partial charge in [-0.2, -0.15) is 6.04 Å². The van der Waals surface area contributed by atoms with Crippen LogP contribution < -0.4 is 0 Å². The molecular formula is C11H12NY-. The van der Waals surface area contributed by atoms with Crippen LogP contribution in [0.4, 0.5) is 0 Å². The summed E-state index contributed by atoms with van der Waals surface area (Å²) in [4.78, 5) is 3.14. The molecule has 2 aromatic rings. The van der Waals surface area contributed by atoms with Crippen LogP contribution in [0.5, 0.6) is 0 Å². The van der Waals surface area contributed by atoms with Crippen molar-refractivity contribution in [2.45, 2.75) is 13.8 Å². The van der Waals surface area contributed by atoms with E-state index in [0.29, 0.717) is 11.7 Å². The van der Waals surface area contributed by atoms with E-state index in [-0.39, 0.29) is 32.7 Å². The number of hydrogen-bond donors (Lipinski definition) is 1. The third kappa shape index (κ3) is 1.82. The van der Waals surface area contributed by atoms with Crippen LogP contribution in [0.15, 0.2) is 18.2 Å². The van der Waals surface area contributed by atoms with Crippen LogP contribution in [0.1, 0.15) is 18.2 Å². The molecule has 2 heteroatoms. The van der Waals surface area contributed by atoms with Crippen molar-refractivity contribution in [1.29, 1.82) is 0 Å². The summed E-state index contributed by atoms with van der Waals surface area (Å²) in [5, 5.41) is 0.966. The van der Waals surface area contributed by atoms with Gasteiger partial charge in [0.15, 0.2) is 0 Å². The third-order valence-corrected chi connectivity index (χ3v) is 2.30. The zero-order chi connectivity index (χ0) is 9.59. The van der Waals surface area contributed by atoms with Gasteiger partial charge in [-0.25, -0.2) is 6.92 Å². The van der Waals surface area contributed by atoms with E-state index in [1.807, 2.05) is 12.1 Å². The quantitative estimate of drug-likeness (QED) is 0.691. The predicted molar refractivity (Wildman–Crippen MR) is 52.2 cm³/mol. The fourth-order valence-electron chi connectivity index (χ4n) is 1.43. The largest absolute Gasteiger partial charge is 0.390 e. The number of fused-ring (bicyclic) bond motifs is 1. The summed E-state index contributed by atoms with van der Waals surface area (Å²) in [5.41, 5.74) is 4.20. The molecule has 13 heavy (non-hydrogen) atoms. The fraction of sp³-hybridized carbons (Fsp3) is 0.182. The van der Waals surface area contributed by atoms with Crippen LogP contribution in [0.2, 0.25) is 0 Å². The molecule has 0 spiro atoms. The standard InChI is InChI=1S/C11H12N.Y/c1-7-4-5-10-6-8(2)12-11(10)9(7)3;/h4-6,12H,2H2,1,3H3;/q-1;/i6T;. The van der Waals surface area contributed by atoms with Gasteiger partial charge in [-0.05, 0) is 25.0 Å². The first-order valence-corrected chi connectivity index (χ1v) is 4.01. The van der Waals surface area contributed by atoms with E-state index >= 15 is 0 Å². The molecule has 1 radical (unpaired) electrons. The van der Waals surface area contributed by atoms with Crippen molar-refractivity contribution in [3.8, 4) is 0 Å². The maximum Gasteiger partial charge on any atom is 0.0283 e. The van der Waals surface area contributed by atoms with Gasteiger partial charge in [0.1, 0.15) is 0 Å². The van der Waals surface area contributed by atoms with Gasteiger partial charge in [0, 0.05) is 38.2 Å². The Balaban J connectivity index is 0.000000980. The summed E-state index contributed by atoms with van der Waals surface area (Å²) in [5.74, 6) is 0. The molecule has 0 fully saturated rings. The van der Waals surface area contributed by atoms with Gasteiger partial charge in [-0.3, -0.25) is 0 Å². The van der Waals surface area contributed by atoms with Gasteiger partial charge in [0.05, 0.1) is 0 Å². The smallest absolute Gasteiger partial charge is 0.0283 e. The van der Waals surface area contributed by atoms with E-state index in [2.05, 4.69) is 25.8 Å². The minimum absolute atomic E-state index is 0. The SMILES string of the molecule is [3H]c1c([CH2-])[nH]c2c(C)c(C)ccc12.[Y]. The number of aryl methyl sites for hydroxylation is 2. The second-order valence-electron chi connectivity index (χ2n) is 3.16. The van der Waals surface area contributed by atoms with Crippen molar-refractivity contribution in [1.82, 2.24) is 4.98 Å². The molecule has 0 aliphatic carbocycles. The predicted octanol–water partition coefficient (Wildman–Crippen LogP) is 2.96. The fourth-order valence-corrected chi connectivity index (χ4v) is 1.43. The van der Waals surface area contributed by atoms with Crippen molar-refractivity contribution in [3.05, 3.63) is 41.9 Å². The van der Waals surface area contributed by atoms with E-state index in [9.17, 15) is 0 Å². The molecule has 0 amide bonds. The molecule has 0 aliphatic heterocycles. The molecule has 1 heterocycles. The summed E-state index contributed by atoms with van der Waals surface area (Å²) in [7, 11) is 0. The molecule has 0 aliphatic rings. The topological polar surface area (TPSA) is 15.8 Å². The summed E-state index contributed by atoms with van der Waals surface area (Å²) in [6, 6.07) is 4.53. The van der Waals surface area contributed by atoms with Gasteiger partial charge in [0.25, 0.3) is 0 Å². The first kappa shape index (κ1) is 9.30. The normalized spacial score (nSPS) is 11.1. The summed E-state index contributed by atoms with van der Waals surface area (Å²) in [6.45, 7) is 7.92. The second-order valence-corrected chi connectivity index (χ2v) is 3.16. The minimum Gasteiger partial charge on any atom is -0.390 e. The molecule has 1 N–H and O–H groups in total. The van der Waals surface area contributed by atoms with Gasteiger partial charge >= 0.3 is 0 Å². The van der Waals surface area contributed by atoms with E-state index in [4.69, 9.17) is 1.37 Å². The molecule has 1 nitrogen and oxygen atoms in total. The van der Waals surface area contributed by atoms with Gasteiger partial charge in [0.2, 0.25) is 0 Å². The number of nitrogens with one attached hydrogen (secondary N) is 1. The van der Waals surface area contributed by atoms with Crippen LogP contribution in [0.3, 0.4) is 0 Å². The Bertz CT molecular complexity index is 474. The second kappa shape index (κ2) is 3.85. The molecule has 0 saturated carbocycles. The molecular weight excluding hydrogens is 235 g/mol. The maximum atomic E-state index is 7.74. The maximum absolute atomic E-state index is 7.74. The Morgan fingerprint density at radius 3 is 2.77 bits per heavy atom. The van der Waals surface area contributed by atoms with Crippen molar-refractivity contribution < 1.29 is 34.1 Å². The van der Waals surface area contributed by atoms with Crippen molar-refractivity contribution in [3.63, 3.8) is 0 Å². The average Bonchev–Trinajstić information content (AvgIpc) is 2.38. The Morgan fingerprint density at radius 1 is 1.38 bits per heavy atom. The molecule has 0 unspecified atom stereocenters. The number of aromatic amines is 1. The molecule has 1 aromatic heterocycles. The van der Waals surface area contributed by atoms with Crippen molar-refractivity contribution >= 4 is 10.9 Å². The molecule has 0 bridgehead atoms. The van der Waals surface area contributed by atoms with E-state index in [1.165, 1.54) is 11.1 Å². The average molecular weight is 249 g/mol. The van der Waals surface area contributed by atoms with Crippen LogP contribution in [0, 0.1) is 20.8 Å². The first-order valence-electron chi connectivity index (χ1n) is 4.51. The molecule has 1 aromatic carbocycles. The number of rotatable bonds is 0. The van der Waals surface area contributed by atoms with Crippen LogP contribution in [-0.2, 0) is 32.7 Å². The summed E-state index contributed by atoms with van der Waals surface area (Å²) in [6.07, 6.45) is 0. The number of benzene rings is 1. The Labute approximate surface area is 105 Å². The van der Waals surface area contributed by atoms with E-state index in [1.54, 1.807) is 0 Å². The van der Waals surface area contributed by atoms with Crippen molar-refractivity contribution in [2.24, 2.45) is 0 Å². The zero-order valence-corrected chi connectivity index (χ0v) is 10.8. The number of H-pyrrole nitrogens is 1. The Kier molecular flexibility index (Phi) is 2.75. The van der Waals surface area contributed by atoms with Gasteiger partial charge in [-0.1, -0.05) is 18.9 Å². The molecule has 65 valence electrons. The first-order chi connectivity index (χ1) is 6.11. The summed E-state index contributed by atoms with van der Waals surface area (Å²) < 4.78 is 7.74. The summed E-state index contributed by atoms with van der Waals surface area (Å²) >= 11 is 0. The monoisotopic (exact) mass is 249 g/mol. The Hall–Kier alpha value is -0.266. The minimum atomic E-state index is 0. The Morgan fingerprint density at radius 2 is 2.08 bits per heavy atom. The van der Waals surface area contributed by atoms with Crippen LogP contribution >= 0.6 is 0 Å². The van der Waals surface area contributed by atoms with Gasteiger partial charge < -0.3 is 4.98 Å². The van der Waals surface area contributed by atoms with E-state index in [0.717, 1.165) is 10.9 Å². The van der Waals surface area contributed by atoms with Crippen molar-refractivity contribution in [2.75, 3.05) is 0 Å². The van der Waals surface area contributed by atoms with E-state index < -0.39 is 0 Å². The molecule has 0 atom stereocenters. The zero-order valence-electron chi connectivity index (χ0n) is 8.94. The number of aromatic nitrogens is 1. The molecule has 0 saturated heterocycles. The third-order valence-electron chi connectivity index (χ3n) is 2.30. The van der Waals surface area contributed by atoms with Gasteiger partial charge in [-0.15, -0.1) is 5.69 Å². The number of hydrogen-bond acceptors (Lipinski definition) is 0.